The van der Waals surface area contributed by atoms with Crippen LogP contribution in [0.1, 0.15) is 40.3 Å². The summed E-state index contributed by atoms with van der Waals surface area (Å²) in [5.41, 5.74) is 2.66. The molecule has 0 fully saturated rings. The maximum absolute atomic E-state index is 12.6. The van der Waals surface area contributed by atoms with Crippen LogP contribution in [0.5, 0.6) is 0 Å². The highest BCUT2D eigenvalue weighted by atomic mass is 79.9. The highest BCUT2D eigenvalue weighted by molar-refractivity contribution is 9.10. The summed E-state index contributed by atoms with van der Waals surface area (Å²) in [6.07, 6.45) is 0. The van der Waals surface area contributed by atoms with Crippen molar-refractivity contribution in [2.45, 2.75) is 20.8 Å². The number of hydrogen-bond acceptors (Lipinski definition) is 3. The number of aryl methyl sites for hydroxylation is 1. The zero-order valence-corrected chi connectivity index (χ0v) is 17.1. The molecule has 3 aromatic rings. The number of halogens is 1. The summed E-state index contributed by atoms with van der Waals surface area (Å²) in [5.74, 6) is -0.0504. The molecule has 0 aliphatic heterocycles. The third-order valence-electron chi connectivity index (χ3n) is 4.54. The van der Waals surface area contributed by atoms with Crippen molar-refractivity contribution in [2.75, 3.05) is 18.4 Å². The molecule has 2 amide bonds. The molecule has 6 heteroatoms. The number of fused-ring (bicyclic) bond motifs is 1. The quantitative estimate of drug-likeness (QED) is 0.604. The Labute approximate surface area is 166 Å². The topological polar surface area (TPSA) is 62.6 Å². The van der Waals surface area contributed by atoms with Gasteiger partial charge in [-0.2, -0.15) is 0 Å². The van der Waals surface area contributed by atoms with Crippen LogP contribution in [-0.4, -0.2) is 29.8 Å². The summed E-state index contributed by atoms with van der Waals surface area (Å²) in [5, 5.41) is 3.73. The minimum absolute atomic E-state index is 0.0171. The summed E-state index contributed by atoms with van der Waals surface area (Å²) in [7, 11) is 0. The molecule has 1 heterocycles. The molecule has 5 nitrogen and oxygen atoms in total. The number of furan rings is 1. The van der Waals surface area contributed by atoms with Crippen molar-refractivity contribution in [1.29, 1.82) is 0 Å². The van der Waals surface area contributed by atoms with E-state index in [-0.39, 0.29) is 17.6 Å². The highest BCUT2D eigenvalue weighted by Gasteiger charge is 2.18. The van der Waals surface area contributed by atoms with Crippen LogP contribution in [-0.2, 0) is 0 Å². The van der Waals surface area contributed by atoms with Gasteiger partial charge in [0.1, 0.15) is 5.58 Å². The first-order valence-corrected chi connectivity index (χ1v) is 9.63. The summed E-state index contributed by atoms with van der Waals surface area (Å²) in [6.45, 7) is 7.08. The Morgan fingerprint density at radius 3 is 2.37 bits per heavy atom. The fourth-order valence-electron chi connectivity index (χ4n) is 2.99. The van der Waals surface area contributed by atoms with Gasteiger partial charge >= 0.3 is 0 Å². The number of hydrogen-bond donors (Lipinski definition) is 1. The Kier molecular flexibility index (Phi) is 5.65. The summed E-state index contributed by atoms with van der Waals surface area (Å²) in [6, 6.07) is 12.5. The fraction of sp³-hybridized carbons (Fsp3) is 0.238. The van der Waals surface area contributed by atoms with Crippen molar-refractivity contribution in [1.82, 2.24) is 4.90 Å². The number of benzene rings is 2. The number of rotatable bonds is 5. The second-order valence-electron chi connectivity index (χ2n) is 6.21. The van der Waals surface area contributed by atoms with Crippen molar-refractivity contribution in [3.8, 4) is 0 Å². The number of nitrogens with zero attached hydrogens (tertiary/aromatic N) is 1. The van der Waals surface area contributed by atoms with Crippen LogP contribution in [0.4, 0.5) is 5.69 Å². The Hall–Kier alpha value is -2.60. The first-order valence-electron chi connectivity index (χ1n) is 8.84. The van der Waals surface area contributed by atoms with Crippen molar-refractivity contribution in [3.05, 3.63) is 63.8 Å². The van der Waals surface area contributed by atoms with Gasteiger partial charge in [0.05, 0.1) is 0 Å². The standard InChI is InChI=1S/C21H21BrN2O3/c1-4-24(5-2)21(26)14-6-9-16(10-7-14)23-20(25)19-13(3)17-12-15(22)8-11-18(17)27-19/h6-12H,4-5H2,1-3H3,(H,23,25). The predicted octanol–water partition coefficient (Wildman–Crippen LogP) is 5.24. The van der Waals surface area contributed by atoms with Crippen molar-refractivity contribution >= 4 is 44.4 Å². The van der Waals surface area contributed by atoms with Gasteiger partial charge in [-0.05, 0) is 63.2 Å². The Bertz CT molecular complexity index is 989. The number of carbonyl (C=O) groups excluding carboxylic acids is 2. The van der Waals surface area contributed by atoms with E-state index >= 15 is 0 Å². The Morgan fingerprint density at radius 1 is 1.07 bits per heavy atom. The van der Waals surface area contributed by atoms with Gasteiger partial charge in [-0.15, -0.1) is 0 Å². The monoisotopic (exact) mass is 428 g/mol. The Morgan fingerprint density at radius 2 is 1.74 bits per heavy atom. The summed E-state index contributed by atoms with van der Waals surface area (Å²) in [4.78, 5) is 26.7. The van der Waals surface area contributed by atoms with Crippen LogP contribution < -0.4 is 5.32 Å². The van der Waals surface area contributed by atoms with E-state index in [2.05, 4.69) is 21.2 Å². The summed E-state index contributed by atoms with van der Waals surface area (Å²) < 4.78 is 6.65. The van der Waals surface area contributed by atoms with E-state index in [1.807, 2.05) is 39.0 Å². The van der Waals surface area contributed by atoms with Crippen LogP contribution in [0.25, 0.3) is 11.0 Å². The largest absolute Gasteiger partial charge is 0.451 e. The molecule has 1 N–H and O–H groups in total. The van der Waals surface area contributed by atoms with Crippen LogP contribution in [0.2, 0.25) is 0 Å². The lowest BCUT2D eigenvalue weighted by atomic mass is 10.1. The second-order valence-corrected chi connectivity index (χ2v) is 7.12. The number of carbonyl (C=O) groups is 2. The molecule has 0 aliphatic carbocycles. The van der Waals surface area contributed by atoms with E-state index in [4.69, 9.17) is 4.42 Å². The number of nitrogens with one attached hydrogen (secondary N) is 1. The fourth-order valence-corrected chi connectivity index (χ4v) is 3.35. The molecular formula is C21H21BrN2O3. The van der Waals surface area contributed by atoms with Crippen molar-refractivity contribution < 1.29 is 14.0 Å². The van der Waals surface area contributed by atoms with E-state index in [0.717, 1.165) is 15.4 Å². The molecule has 0 bridgehead atoms. The van der Waals surface area contributed by atoms with Crippen molar-refractivity contribution in [2.24, 2.45) is 0 Å². The maximum Gasteiger partial charge on any atom is 0.291 e. The van der Waals surface area contributed by atoms with Gasteiger partial charge in [-0.3, -0.25) is 9.59 Å². The van der Waals surface area contributed by atoms with E-state index in [1.165, 1.54) is 0 Å². The van der Waals surface area contributed by atoms with Gasteiger partial charge in [-0.1, -0.05) is 15.9 Å². The molecular weight excluding hydrogens is 408 g/mol. The van der Waals surface area contributed by atoms with Crippen LogP contribution >= 0.6 is 15.9 Å². The lowest BCUT2D eigenvalue weighted by Crippen LogP contribution is -2.30. The minimum Gasteiger partial charge on any atom is -0.451 e. The molecule has 1 aromatic heterocycles. The van der Waals surface area contributed by atoms with Gasteiger partial charge in [0.2, 0.25) is 0 Å². The second kappa shape index (κ2) is 7.96. The molecule has 0 unspecified atom stereocenters. The summed E-state index contributed by atoms with van der Waals surface area (Å²) >= 11 is 3.43. The zero-order valence-electron chi connectivity index (χ0n) is 15.5. The smallest absolute Gasteiger partial charge is 0.291 e. The van der Waals surface area contributed by atoms with Gasteiger partial charge in [0.15, 0.2) is 5.76 Å². The third kappa shape index (κ3) is 3.90. The van der Waals surface area contributed by atoms with Gasteiger partial charge in [0.25, 0.3) is 11.8 Å². The van der Waals surface area contributed by atoms with Gasteiger partial charge in [0, 0.05) is 39.8 Å². The predicted molar refractivity (Wildman–Crippen MR) is 110 cm³/mol. The first-order chi connectivity index (χ1) is 12.9. The molecule has 0 saturated carbocycles. The zero-order chi connectivity index (χ0) is 19.6. The Balaban J connectivity index is 1.78. The van der Waals surface area contributed by atoms with E-state index in [9.17, 15) is 9.59 Å². The lowest BCUT2D eigenvalue weighted by molar-refractivity contribution is 0.0773. The van der Waals surface area contributed by atoms with Crippen molar-refractivity contribution in [3.63, 3.8) is 0 Å². The van der Waals surface area contributed by atoms with E-state index in [0.29, 0.717) is 29.9 Å². The molecule has 0 radical (unpaired) electrons. The van der Waals surface area contributed by atoms with Crippen LogP contribution in [0, 0.1) is 6.92 Å². The molecule has 0 aliphatic rings. The van der Waals surface area contributed by atoms with Gasteiger partial charge < -0.3 is 14.6 Å². The normalized spacial score (nSPS) is 10.8. The molecule has 0 saturated heterocycles. The average Bonchev–Trinajstić information content (AvgIpc) is 2.99. The number of amides is 2. The molecule has 140 valence electrons. The lowest BCUT2D eigenvalue weighted by Gasteiger charge is -2.18. The third-order valence-corrected chi connectivity index (χ3v) is 5.04. The molecule has 0 atom stereocenters. The van der Waals surface area contributed by atoms with E-state index < -0.39 is 0 Å². The number of anilines is 1. The maximum atomic E-state index is 12.6. The minimum atomic E-state index is -0.317. The van der Waals surface area contributed by atoms with Crippen LogP contribution in [0.15, 0.2) is 51.4 Å². The average molecular weight is 429 g/mol. The van der Waals surface area contributed by atoms with Gasteiger partial charge in [-0.25, -0.2) is 0 Å². The molecule has 2 aromatic carbocycles. The molecule has 3 rings (SSSR count). The van der Waals surface area contributed by atoms with Crippen LogP contribution in [0.3, 0.4) is 0 Å². The molecule has 0 spiro atoms. The van der Waals surface area contributed by atoms with E-state index in [1.54, 1.807) is 29.2 Å². The molecule has 27 heavy (non-hydrogen) atoms. The highest BCUT2D eigenvalue weighted by Crippen LogP contribution is 2.28. The first kappa shape index (κ1) is 19.2. The SMILES string of the molecule is CCN(CC)C(=O)c1ccc(NC(=O)c2oc3ccc(Br)cc3c2C)cc1.